The van der Waals surface area contributed by atoms with Crippen molar-refractivity contribution in [2.24, 2.45) is 0 Å². The van der Waals surface area contributed by atoms with Gasteiger partial charge in [-0.2, -0.15) is 6.07 Å². The van der Waals surface area contributed by atoms with Gasteiger partial charge in [-0.05, 0) is 77.1 Å². The number of aromatic nitrogens is 4. The van der Waals surface area contributed by atoms with Crippen LogP contribution in [0.4, 0.5) is 11.4 Å². The molecule has 7 aromatic rings. The molecule has 5 heterocycles. The Bertz CT molecular complexity index is 2660. The largest absolute Gasteiger partial charge is 2.00 e. The minimum Gasteiger partial charge on any atom is -0.503 e. The van der Waals surface area contributed by atoms with Crippen LogP contribution < -0.4 is 9.55 Å². The van der Waals surface area contributed by atoms with E-state index in [1.54, 1.807) is 0 Å². The molecule has 2 aliphatic heterocycles. The molecular weight excluding hydrogens is 884 g/mol. The van der Waals surface area contributed by atoms with Gasteiger partial charge in [0.1, 0.15) is 5.82 Å². The molecule has 0 spiro atoms. The van der Waals surface area contributed by atoms with Gasteiger partial charge in [-0.25, -0.2) is 4.98 Å². The van der Waals surface area contributed by atoms with E-state index in [9.17, 15) is 0 Å². The van der Waals surface area contributed by atoms with Crippen LogP contribution in [0.5, 0.6) is 11.5 Å². The summed E-state index contributed by atoms with van der Waals surface area (Å²) in [6.07, 6.45) is 3.93. The fraction of sp³-hybridized carbons (Fsp3) is 0.333. The van der Waals surface area contributed by atoms with Crippen molar-refractivity contribution in [1.82, 2.24) is 19.0 Å². The maximum Gasteiger partial charge on any atom is 2.00 e. The molecule has 0 saturated carbocycles. The smallest absolute Gasteiger partial charge is 0.503 e. The second-order valence-electron chi connectivity index (χ2n) is 18.2. The summed E-state index contributed by atoms with van der Waals surface area (Å²) in [5.41, 5.74) is 9.12. The summed E-state index contributed by atoms with van der Waals surface area (Å²) >= 11 is 0. The van der Waals surface area contributed by atoms with E-state index in [-0.39, 0.29) is 31.9 Å². The van der Waals surface area contributed by atoms with E-state index < -0.39 is 12.8 Å². The normalized spacial score (nSPS) is 15.6. The predicted molar refractivity (Wildman–Crippen MR) is 229 cm³/mol. The van der Waals surface area contributed by atoms with Crippen LogP contribution in [-0.2, 0) is 36.5 Å². The SMILES string of the molecule is CC(C)c1cccc(C(C)C)c1N1B2OC(C)(C)C(C)(C)c3cnc(n32)-c2[c-]c(Oc3[c-]c4c(cc3)c3ccccc3n4-c3cc(C(C)(C)C)ccn3)ccc21.[Pt+2]. The molecule has 4 aromatic carbocycles. The second kappa shape index (κ2) is 13.7. The van der Waals surface area contributed by atoms with Gasteiger partial charge in [-0.3, -0.25) is 4.98 Å². The fourth-order valence-electron chi connectivity index (χ4n) is 8.51. The van der Waals surface area contributed by atoms with Crippen molar-refractivity contribution in [2.45, 2.75) is 104 Å². The van der Waals surface area contributed by atoms with E-state index in [4.69, 9.17) is 19.4 Å². The van der Waals surface area contributed by atoms with E-state index in [0.29, 0.717) is 23.3 Å². The number of rotatable bonds is 6. The molecule has 0 radical (unpaired) electrons. The number of fused-ring (bicyclic) bond motifs is 5. The van der Waals surface area contributed by atoms with Crippen molar-refractivity contribution in [3.8, 4) is 28.7 Å². The summed E-state index contributed by atoms with van der Waals surface area (Å²) in [5, 5.41) is 2.23. The van der Waals surface area contributed by atoms with Crippen LogP contribution >= 0.6 is 0 Å². The molecule has 57 heavy (non-hydrogen) atoms. The third-order valence-corrected chi connectivity index (χ3v) is 12.4. The van der Waals surface area contributed by atoms with Gasteiger partial charge in [0.2, 0.25) is 0 Å². The fourth-order valence-corrected chi connectivity index (χ4v) is 8.51. The Hall–Kier alpha value is -4.65. The molecule has 0 N–H and O–H groups in total. The first kappa shape index (κ1) is 39.2. The Morgan fingerprint density at radius 1 is 0.789 bits per heavy atom. The van der Waals surface area contributed by atoms with Gasteiger partial charge in [0.25, 0.3) is 0 Å². The van der Waals surface area contributed by atoms with Gasteiger partial charge < -0.3 is 23.2 Å². The van der Waals surface area contributed by atoms with Crippen molar-refractivity contribution in [3.05, 3.63) is 126 Å². The monoisotopic (exact) mass is 934 g/mol. The molecule has 2 aliphatic rings. The quantitative estimate of drug-likeness (QED) is 0.123. The Kier molecular flexibility index (Phi) is 9.45. The number of hydrogen-bond donors (Lipinski definition) is 0. The van der Waals surface area contributed by atoms with Gasteiger partial charge in [0.05, 0.1) is 5.60 Å². The summed E-state index contributed by atoms with van der Waals surface area (Å²) in [6, 6.07) is 35.1. The molecule has 0 unspecified atom stereocenters. The molecule has 0 amide bonds. The van der Waals surface area contributed by atoms with E-state index >= 15 is 0 Å². The molecule has 0 aliphatic carbocycles. The van der Waals surface area contributed by atoms with Crippen LogP contribution in [0, 0.1) is 12.1 Å². The molecular formula is C48H50BN5O2Pt. The summed E-state index contributed by atoms with van der Waals surface area (Å²) in [5.74, 6) is 3.45. The summed E-state index contributed by atoms with van der Waals surface area (Å²) in [7, 11) is -0.432. The Morgan fingerprint density at radius 3 is 2.18 bits per heavy atom. The summed E-state index contributed by atoms with van der Waals surface area (Å²) < 4.78 is 18.4. The molecule has 0 bridgehead atoms. The maximum atomic E-state index is 7.21. The molecule has 9 rings (SSSR count). The third kappa shape index (κ3) is 6.09. The first-order chi connectivity index (χ1) is 26.6. The van der Waals surface area contributed by atoms with Gasteiger partial charge in [0, 0.05) is 52.0 Å². The average molecular weight is 935 g/mol. The van der Waals surface area contributed by atoms with E-state index in [0.717, 1.165) is 50.4 Å². The Labute approximate surface area is 351 Å². The molecule has 3 aromatic heterocycles. The van der Waals surface area contributed by atoms with Gasteiger partial charge >= 0.3 is 28.3 Å². The van der Waals surface area contributed by atoms with Gasteiger partial charge in [0.15, 0.2) is 0 Å². The summed E-state index contributed by atoms with van der Waals surface area (Å²) in [6.45, 7) is 24.6. The molecule has 0 fully saturated rings. The van der Waals surface area contributed by atoms with Crippen molar-refractivity contribution < 1.29 is 30.5 Å². The third-order valence-electron chi connectivity index (χ3n) is 12.4. The molecule has 0 saturated heterocycles. The van der Waals surface area contributed by atoms with Crippen molar-refractivity contribution in [3.63, 3.8) is 0 Å². The zero-order valence-corrected chi connectivity index (χ0v) is 37.0. The van der Waals surface area contributed by atoms with Crippen LogP contribution in [0.3, 0.4) is 0 Å². The van der Waals surface area contributed by atoms with E-state index in [2.05, 4.69) is 169 Å². The Balaban J connectivity index is 0.00000455. The number of ether oxygens (including phenoxy) is 1. The number of benzene rings is 4. The topological polar surface area (TPSA) is 57.3 Å². The van der Waals surface area contributed by atoms with Gasteiger partial charge in [-0.15, -0.1) is 23.6 Å². The second-order valence-corrected chi connectivity index (χ2v) is 18.2. The minimum atomic E-state index is -0.473. The number of para-hydroxylation sites is 2. The zero-order valence-electron chi connectivity index (χ0n) is 34.8. The first-order valence-electron chi connectivity index (χ1n) is 19.9. The number of hydrogen-bond acceptors (Lipinski definition) is 5. The van der Waals surface area contributed by atoms with Crippen LogP contribution in [0.15, 0.2) is 91.3 Å². The predicted octanol–water partition coefficient (Wildman–Crippen LogP) is 12.0. The van der Waals surface area contributed by atoms with Crippen LogP contribution in [0.25, 0.3) is 39.0 Å². The van der Waals surface area contributed by atoms with Crippen molar-refractivity contribution in [2.75, 3.05) is 4.81 Å². The first-order valence-corrected chi connectivity index (χ1v) is 19.9. The van der Waals surface area contributed by atoms with Crippen molar-refractivity contribution >= 4 is 40.4 Å². The van der Waals surface area contributed by atoms with Crippen LogP contribution in [0.2, 0.25) is 0 Å². The Morgan fingerprint density at radius 2 is 1.47 bits per heavy atom. The van der Waals surface area contributed by atoms with Crippen LogP contribution in [-0.4, -0.2) is 31.8 Å². The number of pyridine rings is 1. The van der Waals surface area contributed by atoms with Crippen LogP contribution in [0.1, 0.15) is 110 Å². The number of imidazole rings is 1. The molecule has 0 atom stereocenters. The molecule has 292 valence electrons. The molecule has 9 heteroatoms. The maximum absolute atomic E-state index is 7.21. The zero-order chi connectivity index (χ0) is 39.5. The standard InChI is InChI=1S/C48H50BN5O2.Pt/c1-29(2)34-16-14-17-35(30(3)4)44(34)53-40-22-20-32(26-38(40)45-51-28-42-47(8,9)48(10,11)56-49(53)54(42)45)55-33-19-21-37-36-15-12-13-18-39(36)52(41(37)27-33)43-25-31(23-24-50-43)46(5,6)7;/h12-25,28-30H,1-11H3;/q-2;+2. The number of nitrogens with zero attached hydrogens (tertiary/aromatic N) is 5. The van der Waals surface area contributed by atoms with Gasteiger partial charge in [-0.1, -0.05) is 122 Å². The van der Waals surface area contributed by atoms with E-state index in [1.807, 2.05) is 24.5 Å². The summed E-state index contributed by atoms with van der Waals surface area (Å²) in [4.78, 5) is 12.3. The van der Waals surface area contributed by atoms with E-state index in [1.165, 1.54) is 22.4 Å². The average Bonchev–Trinajstić information content (AvgIpc) is 3.75. The minimum absolute atomic E-state index is 0. The molecule has 7 nitrogen and oxygen atoms in total. The van der Waals surface area contributed by atoms with Crippen molar-refractivity contribution in [1.29, 1.82) is 0 Å². The number of anilines is 2.